The fraction of sp³-hybridized carbons (Fsp3) is 0.0769. The van der Waals surface area contributed by atoms with Crippen LogP contribution in [0.25, 0.3) is 22.2 Å². The zero-order chi connectivity index (χ0) is 11.8. The summed E-state index contributed by atoms with van der Waals surface area (Å²) in [6.07, 6.45) is 0. The summed E-state index contributed by atoms with van der Waals surface area (Å²) in [6.45, 7) is 1.86. The maximum Gasteiger partial charge on any atom is 0.248 e. The van der Waals surface area contributed by atoms with Gasteiger partial charge in [-0.1, -0.05) is 11.2 Å². The van der Waals surface area contributed by atoms with Crippen molar-refractivity contribution in [3.05, 3.63) is 52.5 Å². The lowest BCUT2D eigenvalue weighted by molar-refractivity contribution is 0.399. The molecule has 0 aliphatic rings. The van der Waals surface area contributed by atoms with E-state index in [0.717, 1.165) is 27.9 Å². The Bertz CT molecular complexity index is 740. The molecule has 0 radical (unpaired) electrons. The Hall–Kier alpha value is -2.36. The SMILES string of the molecule is Cc1cc(-c2ccc3[nH]c(=O)ccc3c2)no1. The number of rotatable bonds is 1. The molecule has 3 aromatic rings. The molecular weight excluding hydrogens is 216 g/mol. The van der Waals surface area contributed by atoms with Crippen molar-refractivity contribution in [2.45, 2.75) is 6.92 Å². The number of fused-ring (bicyclic) bond motifs is 1. The molecule has 0 atom stereocenters. The van der Waals surface area contributed by atoms with Crippen LogP contribution in [0.4, 0.5) is 0 Å². The van der Waals surface area contributed by atoms with Crippen LogP contribution in [0.2, 0.25) is 0 Å². The minimum atomic E-state index is -0.0949. The van der Waals surface area contributed by atoms with Gasteiger partial charge in [0.2, 0.25) is 5.56 Å². The Kier molecular flexibility index (Phi) is 2.08. The first-order valence-corrected chi connectivity index (χ1v) is 5.29. The fourth-order valence-corrected chi connectivity index (χ4v) is 1.82. The lowest BCUT2D eigenvalue weighted by Crippen LogP contribution is -2.01. The molecule has 0 unspecified atom stereocenters. The van der Waals surface area contributed by atoms with Crippen molar-refractivity contribution in [2.75, 3.05) is 0 Å². The highest BCUT2D eigenvalue weighted by Gasteiger charge is 2.04. The molecule has 4 nitrogen and oxygen atoms in total. The monoisotopic (exact) mass is 226 g/mol. The third-order valence-corrected chi connectivity index (χ3v) is 2.65. The zero-order valence-electron chi connectivity index (χ0n) is 9.23. The second-order valence-corrected chi connectivity index (χ2v) is 3.95. The Labute approximate surface area is 96.9 Å². The van der Waals surface area contributed by atoms with Gasteiger partial charge in [0.15, 0.2) is 0 Å². The van der Waals surface area contributed by atoms with Crippen LogP contribution in [0.15, 0.2) is 45.7 Å². The van der Waals surface area contributed by atoms with E-state index in [4.69, 9.17) is 4.52 Å². The van der Waals surface area contributed by atoms with E-state index in [9.17, 15) is 4.79 Å². The molecule has 0 saturated carbocycles. The Morgan fingerprint density at radius 1 is 1.18 bits per heavy atom. The van der Waals surface area contributed by atoms with Crippen LogP contribution in [0.1, 0.15) is 5.76 Å². The van der Waals surface area contributed by atoms with E-state index in [1.807, 2.05) is 31.2 Å². The molecule has 0 bridgehead atoms. The Morgan fingerprint density at radius 2 is 2.06 bits per heavy atom. The van der Waals surface area contributed by atoms with E-state index in [0.29, 0.717) is 0 Å². The molecule has 0 spiro atoms. The number of nitrogens with one attached hydrogen (secondary N) is 1. The van der Waals surface area contributed by atoms with E-state index in [1.165, 1.54) is 6.07 Å². The number of H-pyrrole nitrogens is 1. The maximum atomic E-state index is 11.2. The van der Waals surface area contributed by atoms with Crippen molar-refractivity contribution in [3.8, 4) is 11.3 Å². The average Bonchev–Trinajstić information content (AvgIpc) is 2.75. The molecule has 84 valence electrons. The van der Waals surface area contributed by atoms with Gasteiger partial charge in [-0.2, -0.15) is 0 Å². The van der Waals surface area contributed by atoms with Gasteiger partial charge in [0.1, 0.15) is 11.5 Å². The third-order valence-electron chi connectivity index (χ3n) is 2.65. The summed E-state index contributed by atoms with van der Waals surface area (Å²) in [7, 11) is 0. The highest BCUT2D eigenvalue weighted by atomic mass is 16.5. The highest BCUT2D eigenvalue weighted by molar-refractivity contribution is 5.83. The number of benzene rings is 1. The smallest absolute Gasteiger partial charge is 0.248 e. The zero-order valence-corrected chi connectivity index (χ0v) is 9.23. The van der Waals surface area contributed by atoms with Crippen LogP contribution in [-0.4, -0.2) is 10.1 Å². The fourth-order valence-electron chi connectivity index (χ4n) is 1.82. The lowest BCUT2D eigenvalue weighted by Gasteiger charge is -1.99. The molecule has 0 amide bonds. The first-order valence-electron chi connectivity index (χ1n) is 5.29. The van der Waals surface area contributed by atoms with E-state index >= 15 is 0 Å². The predicted molar refractivity (Wildman–Crippen MR) is 64.8 cm³/mol. The van der Waals surface area contributed by atoms with Crippen molar-refractivity contribution in [1.29, 1.82) is 0 Å². The van der Waals surface area contributed by atoms with Gasteiger partial charge in [-0.3, -0.25) is 4.79 Å². The maximum absolute atomic E-state index is 11.2. The van der Waals surface area contributed by atoms with E-state index in [1.54, 1.807) is 6.07 Å². The van der Waals surface area contributed by atoms with Gasteiger partial charge in [-0.15, -0.1) is 0 Å². The van der Waals surface area contributed by atoms with E-state index in [-0.39, 0.29) is 5.56 Å². The summed E-state index contributed by atoms with van der Waals surface area (Å²) in [4.78, 5) is 13.9. The lowest BCUT2D eigenvalue weighted by atomic mass is 10.1. The van der Waals surface area contributed by atoms with Crippen LogP contribution in [0.3, 0.4) is 0 Å². The van der Waals surface area contributed by atoms with Crippen LogP contribution < -0.4 is 5.56 Å². The summed E-state index contributed by atoms with van der Waals surface area (Å²) in [6, 6.07) is 11.0. The minimum Gasteiger partial charge on any atom is -0.361 e. The standard InChI is InChI=1S/C13H10N2O2/c1-8-6-12(15-17-8)10-2-4-11-9(7-10)3-5-13(16)14-11/h2-7H,1H3,(H,14,16). The molecule has 4 heteroatoms. The van der Waals surface area contributed by atoms with Crippen molar-refractivity contribution >= 4 is 10.9 Å². The first kappa shape index (κ1) is 9.84. The molecule has 0 fully saturated rings. The van der Waals surface area contributed by atoms with Crippen molar-refractivity contribution in [2.24, 2.45) is 0 Å². The van der Waals surface area contributed by atoms with E-state index < -0.39 is 0 Å². The number of aromatic amines is 1. The largest absolute Gasteiger partial charge is 0.361 e. The van der Waals surface area contributed by atoms with Gasteiger partial charge in [0.25, 0.3) is 0 Å². The van der Waals surface area contributed by atoms with Gasteiger partial charge in [0, 0.05) is 23.2 Å². The second kappa shape index (κ2) is 3.59. The highest BCUT2D eigenvalue weighted by Crippen LogP contribution is 2.22. The molecule has 0 aliphatic heterocycles. The summed E-state index contributed by atoms with van der Waals surface area (Å²) in [5, 5.41) is 4.94. The third kappa shape index (κ3) is 1.73. The number of aryl methyl sites for hydroxylation is 1. The van der Waals surface area contributed by atoms with Gasteiger partial charge in [-0.25, -0.2) is 0 Å². The van der Waals surface area contributed by atoms with Gasteiger partial charge >= 0.3 is 0 Å². The van der Waals surface area contributed by atoms with Crippen LogP contribution >= 0.6 is 0 Å². The topological polar surface area (TPSA) is 58.9 Å². The summed E-state index contributed by atoms with van der Waals surface area (Å²) in [5.41, 5.74) is 2.50. The molecule has 17 heavy (non-hydrogen) atoms. The minimum absolute atomic E-state index is 0.0949. The Balaban J connectivity index is 2.20. The van der Waals surface area contributed by atoms with Crippen molar-refractivity contribution < 1.29 is 4.52 Å². The quantitative estimate of drug-likeness (QED) is 0.693. The van der Waals surface area contributed by atoms with Gasteiger partial charge < -0.3 is 9.51 Å². The molecule has 0 aliphatic carbocycles. The number of hydrogen-bond acceptors (Lipinski definition) is 3. The molecule has 1 aromatic carbocycles. The number of aromatic nitrogens is 2. The molecule has 1 N–H and O–H groups in total. The summed E-state index contributed by atoms with van der Waals surface area (Å²) < 4.78 is 5.04. The predicted octanol–water partition coefficient (Wildman–Crippen LogP) is 2.49. The summed E-state index contributed by atoms with van der Waals surface area (Å²) in [5.74, 6) is 0.779. The van der Waals surface area contributed by atoms with Crippen molar-refractivity contribution in [1.82, 2.24) is 10.1 Å². The molecule has 3 rings (SSSR count). The molecule has 0 saturated heterocycles. The van der Waals surface area contributed by atoms with Crippen LogP contribution in [0, 0.1) is 6.92 Å². The number of hydrogen-bond donors (Lipinski definition) is 1. The average molecular weight is 226 g/mol. The number of nitrogens with zero attached hydrogens (tertiary/aromatic N) is 1. The van der Waals surface area contributed by atoms with E-state index in [2.05, 4.69) is 10.1 Å². The van der Waals surface area contributed by atoms with Gasteiger partial charge in [0.05, 0.1) is 0 Å². The Morgan fingerprint density at radius 3 is 2.82 bits per heavy atom. The van der Waals surface area contributed by atoms with Gasteiger partial charge in [-0.05, 0) is 30.5 Å². The van der Waals surface area contributed by atoms with Crippen LogP contribution in [-0.2, 0) is 0 Å². The number of pyridine rings is 1. The second-order valence-electron chi connectivity index (χ2n) is 3.95. The molecule has 2 heterocycles. The van der Waals surface area contributed by atoms with Crippen molar-refractivity contribution in [3.63, 3.8) is 0 Å². The van der Waals surface area contributed by atoms with Crippen LogP contribution in [0.5, 0.6) is 0 Å². The molecule has 2 aromatic heterocycles. The normalized spacial score (nSPS) is 10.9. The summed E-state index contributed by atoms with van der Waals surface area (Å²) >= 11 is 0. The first-order chi connectivity index (χ1) is 8.22. The molecular formula is C13H10N2O2.